The minimum atomic E-state index is -0.121. The number of fused-ring (bicyclic) bond motifs is 8. The number of benzene rings is 8. The summed E-state index contributed by atoms with van der Waals surface area (Å²) >= 11 is 0. The molecule has 8 aromatic carbocycles. The molecule has 5 heterocycles. The summed E-state index contributed by atoms with van der Waals surface area (Å²) in [6.45, 7) is 33.9. The maximum atomic E-state index is 7.06. The number of ether oxygens (including phenoxy) is 2. The van der Waals surface area contributed by atoms with E-state index in [1.807, 2.05) is 0 Å². The molecule has 0 radical (unpaired) electrons. The van der Waals surface area contributed by atoms with Crippen LogP contribution in [0.25, 0.3) is 132 Å². The summed E-state index contributed by atoms with van der Waals surface area (Å²) < 4.78 is 14.1. The fraction of sp³-hybridized carbons (Fsp3) is 0.381. The predicted molar refractivity (Wildman–Crippen MR) is 389 cm³/mol. The molecule has 0 fully saturated rings. The Bertz CT molecular complexity index is 4710. The summed E-state index contributed by atoms with van der Waals surface area (Å²) in [6, 6.07) is 46.4. The van der Waals surface area contributed by atoms with E-state index in [0.717, 1.165) is 142 Å². The number of aromatic nitrogens is 4. The van der Waals surface area contributed by atoms with Crippen LogP contribution >= 0.6 is 0 Å². The summed E-state index contributed by atoms with van der Waals surface area (Å²) in [4.78, 5) is 20.4. The maximum Gasteiger partial charge on any atom is 0.127 e. The molecule has 0 amide bonds. The average molecular weight is 1190 g/mol. The van der Waals surface area contributed by atoms with Gasteiger partial charge in [0.1, 0.15) is 11.5 Å². The lowest BCUT2D eigenvalue weighted by Crippen LogP contribution is -2.16. The number of nitrogens with one attached hydrogen (secondary N) is 2. The first-order chi connectivity index (χ1) is 43.1. The number of unbranched alkanes of at least 4 members (excludes halogenated alkanes) is 10. The smallest absolute Gasteiger partial charge is 0.127 e. The van der Waals surface area contributed by atoms with Crippen molar-refractivity contribution in [3.05, 3.63) is 155 Å². The van der Waals surface area contributed by atoms with Gasteiger partial charge in [-0.1, -0.05) is 228 Å². The fourth-order valence-electron chi connectivity index (χ4n) is 14.2. The molecule has 1 aliphatic heterocycles. The Morgan fingerprint density at radius 2 is 0.822 bits per heavy atom. The molecule has 1 aliphatic rings. The lowest BCUT2D eigenvalue weighted by Gasteiger charge is -2.26. The van der Waals surface area contributed by atoms with Crippen LogP contribution in [0, 0.1) is 0 Å². The second-order valence-corrected chi connectivity index (χ2v) is 30.4. The summed E-state index contributed by atoms with van der Waals surface area (Å²) in [7, 11) is 0. The van der Waals surface area contributed by atoms with Crippen LogP contribution in [0.5, 0.6) is 11.5 Å². The van der Waals surface area contributed by atoms with Gasteiger partial charge in [0.05, 0.1) is 41.2 Å². The second-order valence-electron chi connectivity index (χ2n) is 30.4. The molecular formula is C84H94N4O2. The maximum absolute atomic E-state index is 7.06. The summed E-state index contributed by atoms with van der Waals surface area (Å²) in [6.07, 6.45) is 18.9. The van der Waals surface area contributed by atoms with Crippen molar-refractivity contribution in [2.75, 3.05) is 13.2 Å². The number of aromatic amines is 2. The van der Waals surface area contributed by atoms with Gasteiger partial charge in [-0.3, -0.25) is 0 Å². The Balaban J connectivity index is 1.22. The van der Waals surface area contributed by atoms with Crippen molar-refractivity contribution in [3.8, 4) is 44.9 Å². The molecule has 0 atom stereocenters. The number of nitrogens with zero attached hydrogens (tertiary/aromatic N) is 2. The zero-order valence-corrected chi connectivity index (χ0v) is 56.3. The van der Waals surface area contributed by atoms with Crippen LogP contribution in [0.15, 0.2) is 121 Å². The van der Waals surface area contributed by atoms with Gasteiger partial charge in [-0.25, -0.2) is 9.97 Å². The summed E-state index contributed by atoms with van der Waals surface area (Å²) in [5.74, 6) is 1.83. The Hall–Kier alpha value is -7.96. The van der Waals surface area contributed by atoms with E-state index in [0.29, 0.717) is 13.2 Å². The van der Waals surface area contributed by atoms with Gasteiger partial charge in [0, 0.05) is 76.3 Å². The van der Waals surface area contributed by atoms with Gasteiger partial charge < -0.3 is 19.4 Å². The quantitative estimate of drug-likeness (QED) is 0.0481. The normalized spacial score (nSPS) is 13.1. The highest BCUT2D eigenvalue weighted by Gasteiger charge is 2.30. The number of hydrogen-bond acceptors (Lipinski definition) is 4. The van der Waals surface area contributed by atoms with E-state index < -0.39 is 0 Å². The Morgan fingerprint density at radius 1 is 0.356 bits per heavy atom. The van der Waals surface area contributed by atoms with E-state index >= 15 is 0 Å². The standard InChI is InChI=1S/C84H94N4O2/c1-15-17-19-21-23-28-40-89-70-38-32-58-60-49-68-73(52-42-54(81(3,4)5)46-55(43-52)82(6,7)8)66-36-34-64(85-66)72(51-30-26-25-27-31-51)65-35-37-67(86-65)74(53-44-56(83(9,10)11)47-57(45-53)84(12,13)14)69-50-61-59-33-39-71(90-41-29-24-22-20-18-16-2)63-48-62(70)75(58)77(76(59)63)78(79(60)87-68)80(61)88-69/h25-27,30-39,42-50,85,88H,15-24,28-29,40-41H2,1-14H3. The highest BCUT2D eigenvalue weighted by Crippen LogP contribution is 2.53. The molecule has 0 saturated carbocycles. The van der Waals surface area contributed by atoms with Gasteiger partial charge in [0.2, 0.25) is 0 Å². The van der Waals surface area contributed by atoms with Crippen LogP contribution in [0.3, 0.4) is 0 Å². The van der Waals surface area contributed by atoms with Crippen molar-refractivity contribution in [1.29, 1.82) is 0 Å². The van der Waals surface area contributed by atoms with Gasteiger partial charge >= 0.3 is 0 Å². The molecule has 8 bridgehead atoms. The van der Waals surface area contributed by atoms with Crippen LogP contribution in [0.2, 0.25) is 0 Å². The highest BCUT2D eigenvalue weighted by atomic mass is 16.5. The van der Waals surface area contributed by atoms with E-state index in [9.17, 15) is 0 Å². The number of hydrogen-bond donors (Lipinski definition) is 2. The minimum Gasteiger partial charge on any atom is -0.493 e. The molecule has 462 valence electrons. The van der Waals surface area contributed by atoms with Crippen molar-refractivity contribution in [3.63, 3.8) is 0 Å². The first kappa shape index (κ1) is 60.9. The predicted octanol–water partition coefficient (Wildman–Crippen LogP) is 24.5. The fourth-order valence-corrected chi connectivity index (χ4v) is 14.2. The second kappa shape index (κ2) is 23.7. The van der Waals surface area contributed by atoms with Gasteiger partial charge in [-0.2, -0.15) is 0 Å². The lowest BCUT2D eigenvalue weighted by atomic mass is 9.78. The molecule has 90 heavy (non-hydrogen) atoms. The Kier molecular flexibility index (Phi) is 16.0. The van der Waals surface area contributed by atoms with Crippen LogP contribution in [-0.2, 0) is 21.7 Å². The van der Waals surface area contributed by atoms with Gasteiger partial charge in [0.15, 0.2) is 0 Å². The molecule has 13 rings (SSSR count). The van der Waals surface area contributed by atoms with Crippen LogP contribution in [0.4, 0.5) is 0 Å². The van der Waals surface area contributed by atoms with E-state index in [2.05, 4.69) is 240 Å². The third-order valence-corrected chi connectivity index (χ3v) is 19.5. The molecule has 2 N–H and O–H groups in total. The highest BCUT2D eigenvalue weighted by molar-refractivity contribution is 6.45. The topological polar surface area (TPSA) is 75.8 Å². The molecule has 0 aliphatic carbocycles. The molecule has 0 spiro atoms. The monoisotopic (exact) mass is 1190 g/mol. The molecule has 0 saturated heterocycles. The number of rotatable bonds is 19. The summed E-state index contributed by atoms with van der Waals surface area (Å²) in [5.41, 5.74) is 19.0. The van der Waals surface area contributed by atoms with E-state index in [4.69, 9.17) is 19.4 Å². The third kappa shape index (κ3) is 11.3. The van der Waals surface area contributed by atoms with Gasteiger partial charge in [-0.15, -0.1) is 0 Å². The third-order valence-electron chi connectivity index (χ3n) is 19.5. The Morgan fingerprint density at radius 3 is 1.33 bits per heavy atom. The van der Waals surface area contributed by atoms with Crippen molar-refractivity contribution >= 4 is 99.1 Å². The minimum absolute atomic E-state index is 0.121. The van der Waals surface area contributed by atoms with Crippen LogP contribution in [-0.4, -0.2) is 33.1 Å². The van der Waals surface area contributed by atoms with Gasteiger partial charge in [0.25, 0.3) is 0 Å². The zero-order valence-electron chi connectivity index (χ0n) is 56.3. The zero-order chi connectivity index (χ0) is 63.0. The first-order valence-electron chi connectivity index (χ1n) is 34.0. The average Bonchev–Trinajstić information content (AvgIpc) is 1.30. The van der Waals surface area contributed by atoms with Crippen LogP contribution in [0.1, 0.15) is 208 Å². The summed E-state index contributed by atoms with van der Waals surface area (Å²) in [5, 5.41) is 11.5. The van der Waals surface area contributed by atoms with E-state index in [1.165, 1.54) is 101 Å². The van der Waals surface area contributed by atoms with Crippen molar-refractivity contribution in [2.45, 2.75) is 196 Å². The van der Waals surface area contributed by atoms with Crippen molar-refractivity contribution < 1.29 is 9.47 Å². The molecule has 4 aromatic heterocycles. The molecule has 6 nitrogen and oxygen atoms in total. The molecule has 12 aromatic rings. The number of H-pyrrole nitrogens is 2. The molecule has 0 unspecified atom stereocenters. The van der Waals surface area contributed by atoms with E-state index in [1.54, 1.807) is 0 Å². The lowest BCUT2D eigenvalue weighted by molar-refractivity contribution is 0.307. The van der Waals surface area contributed by atoms with E-state index in [-0.39, 0.29) is 21.7 Å². The largest absolute Gasteiger partial charge is 0.493 e. The Labute approximate surface area is 534 Å². The first-order valence-corrected chi connectivity index (χ1v) is 34.0. The molecular weight excluding hydrogens is 1100 g/mol. The van der Waals surface area contributed by atoms with Crippen molar-refractivity contribution in [1.82, 2.24) is 19.9 Å². The van der Waals surface area contributed by atoms with Crippen LogP contribution < -0.4 is 9.47 Å². The molecule has 6 heteroatoms. The SMILES string of the molecule is CCCCCCCCOc1ccc2c3cc4nc3c3c5[nH]c(cc5c5ccc(OCCCCCCCC)c6cc1c2c3c65)c(-c1cc(C(C)(C)C)cc(C(C)(C)C)c1)c1nc(c(-c2ccccc2)c2ccc([nH]2)c4-c2cc(C(C)(C)C)cc(C(C)(C)C)c2)C=C1. The van der Waals surface area contributed by atoms with Gasteiger partial charge in [-0.05, 0) is 151 Å². The van der Waals surface area contributed by atoms with Crippen molar-refractivity contribution in [2.24, 2.45) is 0 Å².